The summed E-state index contributed by atoms with van der Waals surface area (Å²) in [5.41, 5.74) is 0. The number of nitrogens with zero attached hydrogens (tertiary/aromatic N) is 2. The Labute approximate surface area is 73.0 Å². The summed E-state index contributed by atoms with van der Waals surface area (Å²) >= 11 is 0. The summed E-state index contributed by atoms with van der Waals surface area (Å²) in [7, 11) is 1.78. The van der Waals surface area contributed by atoms with Crippen molar-refractivity contribution in [2.24, 2.45) is 5.92 Å². The van der Waals surface area contributed by atoms with Crippen LogP contribution in [0.3, 0.4) is 0 Å². The van der Waals surface area contributed by atoms with Crippen LogP contribution in [0.1, 0.15) is 26.2 Å². The predicted molar refractivity (Wildman–Crippen MR) is 45.2 cm³/mol. The van der Waals surface area contributed by atoms with E-state index in [1.54, 1.807) is 11.9 Å². The fraction of sp³-hybridized carbons (Fsp3) is 0.778. The fourth-order valence-corrected chi connectivity index (χ4v) is 1.10. The third kappa shape index (κ3) is 1.97. The topological polar surface area (TPSA) is 44.1 Å². The highest BCUT2D eigenvalue weighted by Crippen LogP contribution is 2.31. The molecule has 0 N–H and O–H groups in total. The molecule has 0 radical (unpaired) electrons. The molecule has 1 aliphatic carbocycles. The average molecular weight is 166 g/mol. The van der Waals surface area contributed by atoms with E-state index in [9.17, 15) is 4.79 Å². The lowest BCUT2D eigenvalue weighted by Crippen LogP contribution is -2.35. The predicted octanol–water partition coefficient (Wildman–Crippen LogP) is 1.16. The van der Waals surface area contributed by atoms with Gasteiger partial charge < -0.3 is 4.90 Å². The molecule has 0 aromatic rings. The smallest absolute Gasteiger partial charge is 0.225 e. The van der Waals surface area contributed by atoms with Gasteiger partial charge in [-0.05, 0) is 19.8 Å². The van der Waals surface area contributed by atoms with E-state index in [1.165, 1.54) is 0 Å². The average Bonchev–Trinajstić information content (AvgIpc) is 2.84. The van der Waals surface area contributed by atoms with Gasteiger partial charge in [0.15, 0.2) is 0 Å². The molecule has 1 rings (SSSR count). The van der Waals surface area contributed by atoms with Crippen LogP contribution in [-0.4, -0.2) is 23.9 Å². The Hall–Kier alpha value is -1.04. The SMILES string of the molecule is CC(CC#N)N(C)C(=O)C1CC1. The van der Waals surface area contributed by atoms with Crippen LogP contribution >= 0.6 is 0 Å². The van der Waals surface area contributed by atoms with Gasteiger partial charge in [-0.1, -0.05) is 0 Å². The Kier molecular flexibility index (Phi) is 2.69. The molecule has 0 aliphatic heterocycles. The number of carbonyl (C=O) groups is 1. The van der Waals surface area contributed by atoms with E-state index in [1.807, 2.05) is 6.92 Å². The van der Waals surface area contributed by atoms with Gasteiger partial charge in [0.05, 0.1) is 12.5 Å². The summed E-state index contributed by atoms with van der Waals surface area (Å²) in [6, 6.07) is 2.13. The van der Waals surface area contributed by atoms with E-state index in [2.05, 4.69) is 6.07 Å². The number of nitriles is 1. The van der Waals surface area contributed by atoms with E-state index < -0.39 is 0 Å². The number of hydrogen-bond donors (Lipinski definition) is 0. The maximum Gasteiger partial charge on any atom is 0.225 e. The first-order valence-electron chi connectivity index (χ1n) is 4.30. The molecule has 3 heteroatoms. The van der Waals surface area contributed by atoms with Crippen LogP contribution in [0.25, 0.3) is 0 Å². The molecule has 1 atom stereocenters. The van der Waals surface area contributed by atoms with Gasteiger partial charge in [-0.2, -0.15) is 5.26 Å². The Morgan fingerprint density at radius 1 is 1.75 bits per heavy atom. The van der Waals surface area contributed by atoms with Gasteiger partial charge in [0, 0.05) is 19.0 Å². The molecular formula is C9H14N2O. The van der Waals surface area contributed by atoms with Gasteiger partial charge >= 0.3 is 0 Å². The minimum atomic E-state index is 0.0584. The largest absolute Gasteiger partial charge is 0.342 e. The number of amides is 1. The maximum absolute atomic E-state index is 11.4. The van der Waals surface area contributed by atoms with Crippen molar-refractivity contribution in [3.05, 3.63) is 0 Å². The zero-order chi connectivity index (χ0) is 9.14. The molecule has 0 aromatic carbocycles. The van der Waals surface area contributed by atoms with Crippen LogP contribution in [0.2, 0.25) is 0 Å². The summed E-state index contributed by atoms with van der Waals surface area (Å²) in [5.74, 6) is 0.467. The molecule has 12 heavy (non-hydrogen) atoms. The van der Waals surface area contributed by atoms with Crippen molar-refractivity contribution in [3.63, 3.8) is 0 Å². The van der Waals surface area contributed by atoms with Crippen molar-refractivity contribution in [1.29, 1.82) is 5.26 Å². The molecule has 0 aromatic heterocycles. The third-order valence-corrected chi connectivity index (χ3v) is 2.32. The van der Waals surface area contributed by atoms with Gasteiger partial charge in [-0.15, -0.1) is 0 Å². The second-order valence-corrected chi connectivity index (χ2v) is 3.43. The highest BCUT2D eigenvalue weighted by atomic mass is 16.2. The van der Waals surface area contributed by atoms with Crippen molar-refractivity contribution in [2.75, 3.05) is 7.05 Å². The summed E-state index contributed by atoms with van der Waals surface area (Å²) in [4.78, 5) is 13.1. The summed E-state index contributed by atoms with van der Waals surface area (Å²) in [6.07, 6.45) is 2.49. The zero-order valence-corrected chi connectivity index (χ0v) is 7.58. The molecule has 0 heterocycles. The Bertz CT molecular complexity index is 215. The van der Waals surface area contributed by atoms with Crippen LogP contribution in [-0.2, 0) is 4.79 Å². The van der Waals surface area contributed by atoms with Crippen LogP contribution in [0.15, 0.2) is 0 Å². The molecule has 0 saturated heterocycles. The standard InChI is InChI=1S/C9H14N2O/c1-7(5-6-10)11(2)9(12)8-3-4-8/h7-8H,3-5H2,1-2H3. The highest BCUT2D eigenvalue weighted by Gasteiger charge is 2.33. The number of rotatable bonds is 3. The van der Waals surface area contributed by atoms with Crippen LogP contribution in [0.5, 0.6) is 0 Å². The maximum atomic E-state index is 11.4. The van der Waals surface area contributed by atoms with Gasteiger partial charge in [0.1, 0.15) is 0 Å². The lowest BCUT2D eigenvalue weighted by atomic mass is 10.2. The van der Waals surface area contributed by atoms with Crippen LogP contribution in [0.4, 0.5) is 0 Å². The Balaban J connectivity index is 2.40. The third-order valence-electron chi connectivity index (χ3n) is 2.32. The molecule has 1 unspecified atom stereocenters. The lowest BCUT2D eigenvalue weighted by molar-refractivity contribution is -0.132. The van der Waals surface area contributed by atoms with Crippen molar-refractivity contribution in [1.82, 2.24) is 4.90 Å². The summed E-state index contributed by atoms with van der Waals surface area (Å²) in [6.45, 7) is 1.91. The van der Waals surface area contributed by atoms with Crippen LogP contribution in [0, 0.1) is 17.2 Å². The van der Waals surface area contributed by atoms with Crippen molar-refractivity contribution in [3.8, 4) is 6.07 Å². The van der Waals surface area contributed by atoms with E-state index in [-0.39, 0.29) is 17.9 Å². The monoisotopic (exact) mass is 166 g/mol. The first-order chi connectivity index (χ1) is 5.66. The Morgan fingerprint density at radius 2 is 2.33 bits per heavy atom. The Morgan fingerprint density at radius 3 is 2.75 bits per heavy atom. The zero-order valence-electron chi connectivity index (χ0n) is 7.58. The van der Waals surface area contributed by atoms with Gasteiger partial charge in [-0.25, -0.2) is 0 Å². The van der Waals surface area contributed by atoms with E-state index in [0.29, 0.717) is 6.42 Å². The minimum Gasteiger partial charge on any atom is -0.342 e. The van der Waals surface area contributed by atoms with Crippen molar-refractivity contribution < 1.29 is 4.79 Å². The summed E-state index contributed by atoms with van der Waals surface area (Å²) in [5, 5.41) is 8.43. The van der Waals surface area contributed by atoms with Crippen molar-refractivity contribution >= 4 is 5.91 Å². The number of carbonyl (C=O) groups excluding carboxylic acids is 1. The second-order valence-electron chi connectivity index (χ2n) is 3.43. The molecule has 3 nitrogen and oxygen atoms in total. The second kappa shape index (κ2) is 3.57. The molecule has 0 spiro atoms. The molecule has 66 valence electrons. The van der Waals surface area contributed by atoms with Gasteiger partial charge in [-0.3, -0.25) is 4.79 Å². The molecule has 1 amide bonds. The quantitative estimate of drug-likeness (QED) is 0.631. The van der Waals surface area contributed by atoms with Crippen LogP contribution < -0.4 is 0 Å². The molecule has 1 saturated carbocycles. The first-order valence-corrected chi connectivity index (χ1v) is 4.30. The van der Waals surface area contributed by atoms with Gasteiger partial charge in [0.2, 0.25) is 5.91 Å². The lowest BCUT2D eigenvalue weighted by Gasteiger charge is -2.22. The fourth-order valence-electron chi connectivity index (χ4n) is 1.10. The highest BCUT2D eigenvalue weighted by molar-refractivity contribution is 5.81. The normalized spacial score (nSPS) is 18.1. The minimum absolute atomic E-state index is 0.0584. The molecule has 1 fully saturated rings. The molecular weight excluding hydrogens is 152 g/mol. The van der Waals surface area contributed by atoms with E-state index in [0.717, 1.165) is 12.8 Å². The summed E-state index contributed by atoms with van der Waals surface area (Å²) < 4.78 is 0. The van der Waals surface area contributed by atoms with E-state index >= 15 is 0 Å². The van der Waals surface area contributed by atoms with E-state index in [4.69, 9.17) is 5.26 Å². The van der Waals surface area contributed by atoms with Crippen molar-refractivity contribution in [2.45, 2.75) is 32.2 Å². The first kappa shape index (κ1) is 9.05. The molecule has 1 aliphatic rings. The van der Waals surface area contributed by atoms with Gasteiger partial charge in [0.25, 0.3) is 0 Å². The molecule has 0 bridgehead atoms. The number of hydrogen-bond acceptors (Lipinski definition) is 2.